The molecule has 1 aromatic carbocycles. The van der Waals surface area contributed by atoms with Crippen molar-refractivity contribution in [3.05, 3.63) is 40.5 Å². The van der Waals surface area contributed by atoms with Crippen molar-refractivity contribution in [2.75, 3.05) is 20.2 Å². The molecule has 0 saturated carbocycles. The molecule has 0 fully saturated rings. The van der Waals surface area contributed by atoms with Gasteiger partial charge in [0, 0.05) is 39.5 Å². The fourth-order valence-corrected chi connectivity index (χ4v) is 4.24. The van der Waals surface area contributed by atoms with Gasteiger partial charge in [-0.25, -0.2) is 0 Å². The van der Waals surface area contributed by atoms with Crippen LogP contribution >= 0.6 is 0 Å². The molecule has 0 unspecified atom stereocenters. The van der Waals surface area contributed by atoms with Gasteiger partial charge < -0.3 is 14.6 Å². The summed E-state index contributed by atoms with van der Waals surface area (Å²) in [6, 6.07) is 4.14. The van der Waals surface area contributed by atoms with Crippen molar-refractivity contribution < 1.29 is 9.53 Å². The average Bonchev–Trinajstić information content (AvgIpc) is 2.99. The lowest BCUT2D eigenvalue weighted by molar-refractivity contribution is -0.119. The van der Waals surface area contributed by atoms with Crippen LogP contribution in [0.1, 0.15) is 61.6 Å². The maximum Gasteiger partial charge on any atom is 0.217 e. The van der Waals surface area contributed by atoms with Crippen LogP contribution in [0, 0.1) is 19.8 Å². The number of fused-ring (bicyclic) bond motifs is 1. The van der Waals surface area contributed by atoms with E-state index < -0.39 is 0 Å². The number of carbonyl (C=O) groups is 1. The van der Waals surface area contributed by atoms with E-state index in [0.717, 1.165) is 56.4 Å². The zero-order valence-corrected chi connectivity index (χ0v) is 19.2. The van der Waals surface area contributed by atoms with Gasteiger partial charge >= 0.3 is 0 Å². The molecule has 7 nitrogen and oxygen atoms in total. The van der Waals surface area contributed by atoms with E-state index in [0.29, 0.717) is 5.92 Å². The molecule has 1 aliphatic rings. The number of hydrogen-bond acceptors (Lipinski definition) is 5. The topological polar surface area (TPSA) is 72.3 Å². The first-order valence-electron chi connectivity index (χ1n) is 10.8. The van der Waals surface area contributed by atoms with Gasteiger partial charge in [-0.1, -0.05) is 19.9 Å². The summed E-state index contributed by atoms with van der Waals surface area (Å²) in [7, 11) is 1.72. The van der Waals surface area contributed by atoms with Crippen molar-refractivity contribution in [1.29, 1.82) is 0 Å². The minimum atomic E-state index is -0.0956. The van der Waals surface area contributed by atoms with Crippen LogP contribution in [0.2, 0.25) is 0 Å². The van der Waals surface area contributed by atoms with Crippen LogP contribution in [0.4, 0.5) is 0 Å². The van der Waals surface area contributed by atoms with Crippen molar-refractivity contribution in [2.24, 2.45) is 5.92 Å². The first-order chi connectivity index (χ1) is 14.3. The predicted octanol–water partition coefficient (Wildman–Crippen LogP) is 3.19. The Balaban J connectivity index is 1.75. The van der Waals surface area contributed by atoms with Crippen LogP contribution in [-0.4, -0.2) is 45.8 Å². The lowest BCUT2D eigenvalue weighted by Crippen LogP contribution is -2.31. The Morgan fingerprint density at radius 1 is 1.17 bits per heavy atom. The Hall–Kier alpha value is -2.41. The first-order valence-corrected chi connectivity index (χ1v) is 10.8. The van der Waals surface area contributed by atoms with E-state index in [2.05, 4.69) is 64.8 Å². The van der Waals surface area contributed by atoms with E-state index in [1.165, 1.54) is 16.7 Å². The van der Waals surface area contributed by atoms with E-state index in [9.17, 15) is 4.79 Å². The second-order valence-electron chi connectivity index (χ2n) is 8.71. The minimum absolute atomic E-state index is 0.0291. The normalized spacial score (nSPS) is 15.6. The SMILES string of the molecule is COc1ccc(CN2CCc3nnc([C@H](CC(C)C)NC(C)=O)n3CC2)c(C)c1C. The lowest BCUT2D eigenvalue weighted by Gasteiger charge is -2.23. The molecule has 2 aromatic rings. The third-order valence-electron chi connectivity index (χ3n) is 6.01. The smallest absolute Gasteiger partial charge is 0.217 e. The summed E-state index contributed by atoms with van der Waals surface area (Å²) in [5.74, 6) is 3.26. The maximum atomic E-state index is 11.7. The molecule has 1 N–H and O–H groups in total. The Morgan fingerprint density at radius 2 is 1.93 bits per heavy atom. The number of rotatable bonds is 7. The first kappa shape index (κ1) is 22.3. The highest BCUT2D eigenvalue weighted by Crippen LogP contribution is 2.26. The number of aromatic nitrogens is 3. The molecule has 30 heavy (non-hydrogen) atoms. The molecule has 2 heterocycles. The molecule has 0 aliphatic carbocycles. The highest BCUT2D eigenvalue weighted by atomic mass is 16.5. The molecule has 0 spiro atoms. The molecule has 1 aliphatic heterocycles. The Bertz CT molecular complexity index is 890. The third kappa shape index (κ3) is 5.01. The zero-order valence-electron chi connectivity index (χ0n) is 19.2. The molecular weight excluding hydrogens is 378 g/mol. The maximum absolute atomic E-state index is 11.7. The highest BCUT2D eigenvalue weighted by Gasteiger charge is 2.25. The van der Waals surface area contributed by atoms with Crippen molar-refractivity contribution >= 4 is 5.91 Å². The van der Waals surface area contributed by atoms with Gasteiger partial charge in [0.05, 0.1) is 13.2 Å². The second kappa shape index (κ2) is 9.60. The largest absolute Gasteiger partial charge is 0.496 e. The van der Waals surface area contributed by atoms with Gasteiger partial charge in [0.15, 0.2) is 5.82 Å². The second-order valence-corrected chi connectivity index (χ2v) is 8.71. The van der Waals surface area contributed by atoms with Gasteiger partial charge in [-0.05, 0) is 48.9 Å². The van der Waals surface area contributed by atoms with Gasteiger partial charge in [-0.2, -0.15) is 0 Å². The molecule has 0 bridgehead atoms. The number of nitrogens with zero attached hydrogens (tertiary/aromatic N) is 4. The fraction of sp³-hybridized carbons (Fsp3) is 0.609. The number of amides is 1. The zero-order chi connectivity index (χ0) is 21.8. The third-order valence-corrected chi connectivity index (χ3v) is 6.01. The average molecular weight is 414 g/mol. The summed E-state index contributed by atoms with van der Waals surface area (Å²) in [6.07, 6.45) is 1.71. The summed E-state index contributed by atoms with van der Waals surface area (Å²) in [5, 5.41) is 12.0. The number of hydrogen-bond donors (Lipinski definition) is 1. The van der Waals surface area contributed by atoms with Gasteiger partial charge in [0.2, 0.25) is 5.91 Å². The van der Waals surface area contributed by atoms with Crippen molar-refractivity contribution in [2.45, 2.75) is 66.6 Å². The minimum Gasteiger partial charge on any atom is -0.496 e. The van der Waals surface area contributed by atoms with Crippen LogP contribution in [0.3, 0.4) is 0 Å². The van der Waals surface area contributed by atoms with E-state index in [-0.39, 0.29) is 11.9 Å². The van der Waals surface area contributed by atoms with Crippen LogP contribution < -0.4 is 10.1 Å². The van der Waals surface area contributed by atoms with Crippen molar-refractivity contribution in [1.82, 2.24) is 25.0 Å². The van der Waals surface area contributed by atoms with E-state index >= 15 is 0 Å². The number of nitrogens with one attached hydrogen (secondary N) is 1. The van der Waals surface area contributed by atoms with Crippen LogP contribution in [-0.2, 0) is 24.3 Å². The monoisotopic (exact) mass is 413 g/mol. The van der Waals surface area contributed by atoms with Gasteiger partial charge in [0.25, 0.3) is 0 Å². The van der Waals surface area contributed by atoms with Crippen molar-refractivity contribution in [3.63, 3.8) is 0 Å². The van der Waals surface area contributed by atoms with Crippen LogP contribution in [0.15, 0.2) is 12.1 Å². The molecule has 0 saturated heterocycles. The Morgan fingerprint density at radius 3 is 2.60 bits per heavy atom. The van der Waals surface area contributed by atoms with E-state index in [4.69, 9.17) is 4.74 Å². The number of benzene rings is 1. The summed E-state index contributed by atoms with van der Waals surface area (Å²) in [5.41, 5.74) is 3.83. The fourth-order valence-electron chi connectivity index (χ4n) is 4.24. The summed E-state index contributed by atoms with van der Waals surface area (Å²) in [4.78, 5) is 14.2. The molecule has 1 aromatic heterocycles. The van der Waals surface area contributed by atoms with Crippen LogP contribution in [0.5, 0.6) is 5.75 Å². The van der Waals surface area contributed by atoms with Crippen molar-refractivity contribution in [3.8, 4) is 5.75 Å². The molecule has 7 heteroatoms. The van der Waals surface area contributed by atoms with Gasteiger partial charge in [0.1, 0.15) is 11.6 Å². The van der Waals surface area contributed by atoms with Crippen LogP contribution in [0.25, 0.3) is 0 Å². The molecular formula is C23H35N5O2. The standard InChI is InChI=1S/C23H35N5O2/c1-15(2)13-20(24-18(5)29)23-26-25-22-9-10-27(11-12-28(22)23)14-19-7-8-21(30-6)17(4)16(19)3/h7-8,15,20H,9-14H2,1-6H3,(H,24,29)/t20-/m0/s1. The number of carbonyl (C=O) groups excluding carboxylic acids is 1. The summed E-state index contributed by atoms with van der Waals surface area (Å²) >= 11 is 0. The molecule has 164 valence electrons. The molecule has 1 amide bonds. The molecule has 0 radical (unpaired) electrons. The predicted molar refractivity (Wildman–Crippen MR) is 117 cm³/mol. The van der Waals surface area contributed by atoms with Gasteiger partial charge in [-0.3, -0.25) is 9.69 Å². The molecule has 3 rings (SSSR count). The van der Waals surface area contributed by atoms with Gasteiger partial charge in [-0.15, -0.1) is 10.2 Å². The summed E-state index contributed by atoms with van der Waals surface area (Å²) in [6.45, 7) is 13.8. The highest BCUT2D eigenvalue weighted by molar-refractivity contribution is 5.73. The molecule has 1 atom stereocenters. The quantitative estimate of drug-likeness (QED) is 0.755. The number of ether oxygens (including phenoxy) is 1. The Labute approximate surface area is 179 Å². The lowest BCUT2D eigenvalue weighted by atomic mass is 10.0. The van der Waals surface area contributed by atoms with E-state index in [1.807, 2.05) is 0 Å². The number of methoxy groups -OCH3 is 1. The Kier molecular flexibility index (Phi) is 7.13. The van der Waals surface area contributed by atoms with E-state index in [1.54, 1.807) is 14.0 Å². The summed E-state index contributed by atoms with van der Waals surface area (Å²) < 4.78 is 7.67.